The average Bonchev–Trinajstić information content (AvgIpc) is 3.57. The summed E-state index contributed by atoms with van der Waals surface area (Å²) in [7, 11) is 0. The molecular weight excluding hydrogens is 483 g/mol. The molecule has 0 unspecified atom stereocenters. The summed E-state index contributed by atoms with van der Waals surface area (Å²) < 4.78 is 69.7. The molecule has 0 bridgehead atoms. The second kappa shape index (κ2) is 8.86. The number of hydrogen-bond acceptors (Lipinski definition) is 3. The maximum Gasteiger partial charge on any atom is 0.416 e. The molecule has 34 heavy (non-hydrogen) atoms. The molecule has 1 fully saturated rings. The van der Waals surface area contributed by atoms with Crippen molar-refractivity contribution in [1.82, 2.24) is 19.7 Å². The van der Waals surface area contributed by atoms with Gasteiger partial charge in [0.1, 0.15) is 6.54 Å². The molecule has 3 aromatic rings. The monoisotopic (exact) mass is 500 g/mol. The molecule has 0 saturated heterocycles. The molecule has 12 heteroatoms. The van der Waals surface area contributed by atoms with Crippen LogP contribution in [0.1, 0.15) is 30.0 Å². The molecule has 1 aromatic heterocycles. The Hall–Kier alpha value is -3.21. The zero-order valence-electron chi connectivity index (χ0n) is 17.5. The fourth-order valence-corrected chi connectivity index (χ4v) is 3.53. The lowest BCUT2D eigenvalue weighted by molar-refractivity contribution is -0.138. The van der Waals surface area contributed by atoms with Gasteiger partial charge in [0, 0.05) is 22.2 Å². The molecular formula is C22H18ClF5N4O2. The molecule has 0 spiro atoms. The number of rotatable bonds is 7. The molecule has 1 aliphatic rings. The lowest BCUT2D eigenvalue weighted by atomic mass is 10.0. The Morgan fingerprint density at radius 2 is 1.71 bits per heavy atom. The van der Waals surface area contributed by atoms with E-state index >= 15 is 0 Å². The van der Waals surface area contributed by atoms with Crippen molar-refractivity contribution in [3.05, 3.63) is 75.2 Å². The molecule has 4 rings (SSSR count). The van der Waals surface area contributed by atoms with Gasteiger partial charge in [0.05, 0.1) is 12.1 Å². The molecule has 1 amide bonds. The summed E-state index contributed by atoms with van der Waals surface area (Å²) in [6.45, 7) is -1.87. The molecule has 2 aromatic carbocycles. The minimum Gasteiger partial charge on any atom is -0.348 e. The molecule has 0 radical (unpaired) electrons. The standard InChI is InChI=1S/C22H18ClF5N4O2/c23-16-6-4-13(5-7-16)19-30-31(20(34)32(19)17-8-9-17)11-18(33)29-12-21(24,25)14-2-1-3-15(10-14)22(26,27)28/h1-7,10,17H,8-9,11-12H2,(H,29,33). The quantitative estimate of drug-likeness (QED) is 0.481. The predicted octanol–water partition coefficient (Wildman–Crippen LogP) is 4.63. The maximum absolute atomic E-state index is 14.5. The van der Waals surface area contributed by atoms with Crippen LogP contribution in [-0.2, 0) is 23.4 Å². The largest absolute Gasteiger partial charge is 0.416 e. The van der Waals surface area contributed by atoms with Crippen molar-refractivity contribution in [3.63, 3.8) is 0 Å². The fraction of sp³-hybridized carbons (Fsp3) is 0.318. The van der Waals surface area contributed by atoms with Crippen LogP contribution in [0.3, 0.4) is 0 Å². The van der Waals surface area contributed by atoms with Crippen LogP contribution in [0.4, 0.5) is 22.0 Å². The average molecular weight is 501 g/mol. The minimum atomic E-state index is -4.78. The van der Waals surface area contributed by atoms with E-state index in [2.05, 4.69) is 5.10 Å². The van der Waals surface area contributed by atoms with Gasteiger partial charge in [-0.25, -0.2) is 9.48 Å². The Kier molecular flexibility index (Phi) is 6.24. The third kappa shape index (κ3) is 5.14. The fourth-order valence-electron chi connectivity index (χ4n) is 3.41. The van der Waals surface area contributed by atoms with Crippen molar-refractivity contribution < 1.29 is 26.7 Å². The predicted molar refractivity (Wildman–Crippen MR) is 114 cm³/mol. The van der Waals surface area contributed by atoms with Gasteiger partial charge >= 0.3 is 11.9 Å². The summed E-state index contributed by atoms with van der Waals surface area (Å²) >= 11 is 5.90. The van der Waals surface area contributed by atoms with E-state index in [0.717, 1.165) is 29.7 Å². The number of amides is 1. The summed E-state index contributed by atoms with van der Waals surface area (Å²) in [5, 5.41) is 6.67. The molecule has 1 saturated carbocycles. The lowest BCUT2D eigenvalue weighted by Gasteiger charge is -2.18. The Balaban J connectivity index is 1.49. The maximum atomic E-state index is 14.5. The third-order valence-corrected chi connectivity index (χ3v) is 5.55. The van der Waals surface area contributed by atoms with Crippen LogP contribution in [-0.4, -0.2) is 26.8 Å². The number of alkyl halides is 5. The zero-order valence-corrected chi connectivity index (χ0v) is 18.2. The SMILES string of the molecule is O=C(Cn1nc(-c2ccc(Cl)cc2)n(C2CC2)c1=O)NCC(F)(F)c1cccc(C(F)(F)F)c1. The zero-order chi connectivity index (χ0) is 24.7. The number of nitrogens with one attached hydrogen (secondary N) is 1. The van der Waals surface area contributed by atoms with Crippen LogP contribution in [0.2, 0.25) is 5.02 Å². The Bertz CT molecular complexity index is 1260. The number of carbonyl (C=O) groups is 1. The highest BCUT2D eigenvalue weighted by Gasteiger charge is 2.37. The topological polar surface area (TPSA) is 68.9 Å². The van der Waals surface area contributed by atoms with Crippen LogP contribution < -0.4 is 11.0 Å². The Morgan fingerprint density at radius 3 is 2.32 bits per heavy atom. The number of carbonyl (C=O) groups excluding carboxylic acids is 1. The highest BCUT2D eigenvalue weighted by atomic mass is 35.5. The van der Waals surface area contributed by atoms with Crippen LogP contribution in [0.5, 0.6) is 0 Å². The van der Waals surface area contributed by atoms with Crippen molar-refractivity contribution >= 4 is 17.5 Å². The van der Waals surface area contributed by atoms with E-state index in [1.54, 1.807) is 24.3 Å². The van der Waals surface area contributed by atoms with Gasteiger partial charge in [0.25, 0.3) is 5.92 Å². The van der Waals surface area contributed by atoms with Crippen LogP contribution in [0.15, 0.2) is 53.3 Å². The Morgan fingerprint density at radius 1 is 1.06 bits per heavy atom. The summed E-state index contributed by atoms with van der Waals surface area (Å²) in [4.78, 5) is 25.1. The van der Waals surface area contributed by atoms with Gasteiger partial charge in [-0.15, -0.1) is 5.10 Å². The molecule has 0 atom stereocenters. The number of aromatic nitrogens is 3. The van der Waals surface area contributed by atoms with E-state index < -0.39 is 47.9 Å². The van der Waals surface area contributed by atoms with Crippen molar-refractivity contribution in [3.8, 4) is 11.4 Å². The summed E-state index contributed by atoms with van der Waals surface area (Å²) in [6.07, 6.45) is -3.25. The molecule has 1 heterocycles. The van der Waals surface area contributed by atoms with Gasteiger partial charge in [-0.3, -0.25) is 9.36 Å². The van der Waals surface area contributed by atoms with Crippen LogP contribution in [0, 0.1) is 0 Å². The second-order valence-electron chi connectivity index (χ2n) is 7.93. The summed E-state index contributed by atoms with van der Waals surface area (Å²) in [5.41, 5.74) is -2.07. The van der Waals surface area contributed by atoms with Gasteiger partial charge in [-0.05, 0) is 49.2 Å². The van der Waals surface area contributed by atoms with E-state index in [4.69, 9.17) is 11.6 Å². The van der Waals surface area contributed by atoms with Gasteiger partial charge in [0.2, 0.25) is 5.91 Å². The van der Waals surface area contributed by atoms with Crippen LogP contribution in [0.25, 0.3) is 11.4 Å². The first kappa shape index (κ1) is 23.9. The third-order valence-electron chi connectivity index (χ3n) is 5.30. The van der Waals surface area contributed by atoms with E-state index in [1.165, 1.54) is 4.57 Å². The molecule has 6 nitrogen and oxygen atoms in total. The molecule has 1 N–H and O–H groups in total. The number of benzene rings is 2. The van der Waals surface area contributed by atoms with Gasteiger partial charge in [0.15, 0.2) is 5.82 Å². The summed E-state index contributed by atoms with van der Waals surface area (Å²) in [6, 6.07) is 9.26. The molecule has 1 aliphatic carbocycles. The molecule has 180 valence electrons. The highest BCUT2D eigenvalue weighted by molar-refractivity contribution is 6.30. The number of hydrogen-bond donors (Lipinski definition) is 1. The summed E-state index contributed by atoms with van der Waals surface area (Å²) in [5.74, 6) is -4.37. The van der Waals surface area contributed by atoms with Crippen molar-refractivity contribution in [2.75, 3.05) is 6.54 Å². The normalized spacial score (nSPS) is 14.3. The number of halogens is 6. The van der Waals surface area contributed by atoms with E-state index in [1.807, 2.05) is 5.32 Å². The van der Waals surface area contributed by atoms with Crippen LogP contribution >= 0.6 is 11.6 Å². The van der Waals surface area contributed by atoms with Gasteiger partial charge in [-0.1, -0.05) is 23.7 Å². The van der Waals surface area contributed by atoms with E-state index in [0.29, 0.717) is 28.5 Å². The Labute approximate surface area is 194 Å². The van der Waals surface area contributed by atoms with Crippen molar-refractivity contribution in [1.29, 1.82) is 0 Å². The van der Waals surface area contributed by atoms with E-state index in [-0.39, 0.29) is 6.04 Å². The van der Waals surface area contributed by atoms with Crippen molar-refractivity contribution in [2.45, 2.75) is 37.5 Å². The second-order valence-corrected chi connectivity index (χ2v) is 8.37. The highest BCUT2D eigenvalue weighted by Crippen LogP contribution is 2.37. The van der Waals surface area contributed by atoms with E-state index in [9.17, 15) is 31.5 Å². The number of nitrogens with zero attached hydrogens (tertiary/aromatic N) is 3. The van der Waals surface area contributed by atoms with Gasteiger partial charge in [-0.2, -0.15) is 22.0 Å². The lowest BCUT2D eigenvalue weighted by Crippen LogP contribution is -2.39. The molecule has 0 aliphatic heterocycles. The van der Waals surface area contributed by atoms with Gasteiger partial charge < -0.3 is 5.32 Å². The smallest absolute Gasteiger partial charge is 0.348 e. The first-order chi connectivity index (χ1) is 16.0. The first-order valence-corrected chi connectivity index (χ1v) is 10.6. The minimum absolute atomic E-state index is 0.0692. The van der Waals surface area contributed by atoms with Crippen molar-refractivity contribution in [2.24, 2.45) is 0 Å². The first-order valence-electron chi connectivity index (χ1n) is 10.2.